The van der Waals surface area contributed by atoms with Gasteiger partial charge in [-0.1, -0.05) is 0 Å². The number of nitrogens with zero attached hydrogens (tertiary/aromatic N) is 2. The molecule has 0 saturated carbocycles. The van der Waals surface area contributed by atoms with Gasteiger partial charge < -0.3 is 14.2 Å². The second-order valence-corrected chi connectivity index (χ2v) is 2.76. The monoisotopic (exact) mass is 192 g/mol. The number of aromatic nitrogens is 2. The number of carboxylic acids is 1. The molecule has 2 heterocycles. The molecule has 0 saturated heterocycles. The van der Waals surface area contributed by atoms with Crippen molar-refractivity contribution in [2.24, 2.45) is 0 Å². The van der Waals surface area contributed by atoms with Crippen LogP contribution in [0.3, 0.4) is 0 Å². The molecule has 0 aliphatic carbocycles. The van der Waals surface area contributed by atoms with E-state index in [2.05, 4.69) is 4.98 Å². The van der Waals surface area contributed by atoms with Gasteiger partial charge in [-0.25, -0.2) is 9.78 Å². The number of ether oxygens (including phenoxy) is 1. The lowest BCUT2D eigenvalue weighted by molar-refractivity contribution is 0.0693. The number of methoxy groups -OCH3 is 1. The van der Waals surface area contributed by atoms with Gasteiger partial charge in [-0.3, -0.25) is 0 Å². The van der Waals surface area contributed by atoms with Crippen LogP contribution < -0.4 is 4.74 Å². The van der Waals surface area contributed by atoms with Gasteiger partial charge in [-0.15, -0.1) is 0 Å². The Morgan fingerprint density at radius 3 is 3.00 bits per heavy atom. The lowest BCUT2D eigenvalue weighted by atomic mass is 10.3. The zero-order valence-electron chi connectivity index (χ0n) is 7.47. The molecule has 0 unspecified atom stereocenters. The van der Waals surface area contributed by atoms with Crippen LogP contribution in [0.5, 0.6) is 5.75 Å². The molecule has 0 amide bonds. The average Bonchev–Trinajstić information content (AvgIpc) is 2.59. The summed E-state index contributed by atoms with van der Waals surface area (Å²) >= 11 is 0. The summed E-state index contributed by atoms with van der Waals surface area (Å²) in [6, 6.07) is 3.36. The second kappa shape index (κ2) is 3.02. The van der Waals surface area contributed by atoms with Crippen molar-refractivity contribution in [3.63, 3.8) is 0 Å². The lowest BCUT2D eigenvalue weighted by Crippen LogP contribution is -1.97. The molecule has 2 aromatic rings. The van der Waals surface area contributed by atoms with E-state index in [1.54, 1.807) is 29.8 Å². The van der Waals surface area contributed by atoms with Crippen LogP contribution in [0.4, 0.5) is 0 Å². The fraction of sp³-hybridized carbons (Fsp3) is 0.111. The topological polar surface area (TPSA) is 63.8 Å². The fourth-order valence-corrected chi connectivity index (χ4v) is 1.27. The normalized spacial score (nSPS) is 10.4. The maximum Gasteiger partial charge on any atom is 0.356 e. The number of fused-ring (bicyclic) bond motifs is 1. The standard InChI is InChI=1S/C9H8N2O3/c1-14-6-2-3-7-8(9(12)13)10-5-11(7)4-6/h2-5H,1H3,(H,12,13). The fourth-order valence-electron chi connectivity index (χ4n) is 1.27. The van der Waals surface area contributed by atoms with Crippen LogP contribution in [0.15, 0.2) is 24.7 Å². The summed E-state index contributed by atoms with van der Waals surface area (Å²) < 4.78 is 6.61. The Balaban J connectivity index is 2.65. The number of rotatable bonds is 2. The molecule has 0 aliphatic rings. The summed E-state index contributed by atoms with van der Waals surface area (Å²) in [5.74, 6) is -0.371. The van der Waals surface area contributed by atoms with E-state index < -0.39 is 5.97 Å². The number of pyridine rings is 1. The molecule has 0 aliphatic heterocycles. The highest BCUT2D eigenvalue weighted by Gasteiger charge is 2.11. The van der Waals surface area contributed by atoms with Gasteiger partial charge in [0.1, 0.15) is 12.1 Å². The Labute approximate surface area is 79.6 Å². The van der Waals surface area contributed by atoms with E-state index in [4.69, 9.17) is 9.84 Å². The molecule has 0 aromatic carbocycles. The largest absolute Gasteiger partial charge is 0.495 e. The highest BCUT2D eigenvalue weighted by Crippen LogP contribution is 2.15. The van der Waals surface area contributed by atoms with Crippen LogP contribution in [-0.2, 0) is 0 Å². The molecule has 0 radical (unpaired) electrons. The molecular formula is C9H8N2O3. The number of carboxylic acid groups (broad SMARTS) is 1. The predicted octanol–water partition coefficient (Wildman–Crippen LogP) is 1.04. The van der Waals surface area contributed by atoms with Crippen molar-refractivity contribution in [1.82, 2.24) is 9.38 Å². The van der Waals surface area contributed by atoms with Crippen LogP contribution in [0.25, 0.3) is 5.52 Å². The molecule has 72 valence electrons. The van der Waals surface area contributed by atoms with Crippen molar-refractivity contribution in [3.8, 4) is 5.75 Å². The first-order valence-electron chi connectivity index (χ1n) is 3.96. The third-order valence-corrected chi connectivity index (χ3v) is 1.94. The highest BCUT2D eigenvalue weighted by atomic mass is 16.5. The SMILES string of the molecule is COc1ccc2c(C(=O)O)ncn2c1. The minimum atomic E-state index is -1.03. The smallest absolute Gasteiger partial charge is 0.356 e. The van der Waals surface area contributed by atoms with Crippen LogP contribution >= 0.6 is 0 Å². The lowest BCUT2D eigenvalue weighted by Gasteiger charge is -1.99. The van der Waals surface area contributed by atoms with Gasteiger partial charge in [0.15, 0.2) is 5.69 Å². The van der Waals surface area contributed by atoms with Gasteiger partial charge >= 0.3 is 5.97 Å². The molecule has 5 nitrogen and oxygen atoms in total. The minimum Gasteiger partial charge on any atom is -0.495 e. The zero-order valence-corrected chi connectivity index (χ0v) is 7.47. The van der Waals surface area contributed by atoms with Crippen molar-refractivity contribution in [3.05, 3.63) is 30.4 Å². The Morgan fingerprint density at radius 2 is 2.36 bits per heavy atom. The number of hydrogen-bond donors (Lipinski definition) is 1. The van der Waals surface area contributed by atoms with E-state index in [1.807, 2.05) is 0 Å². The number of carbonyl (C=O) groups is 1. The summed E-state index contributed by atoms with van der Waals surface area (Å²) in [7, 11) is 1.55. The molecule has 5 heteroatoms. The van der Waals surface area contributed by atoms with E-state index in [9.17, 15) is 4.79 Å². The first kappa shape index (κ1) is 8.55. The minimum absolute atomic E-state index is 0.0488. The molecule has 0 bridgehead atoms. The number of aromatic carboxylic acids is 1. The van der Waals surface area contributed by atoms with Crippen LogP contribution in [0.2, 0.25) is 0 Å². The van der Waals surface area contributed by atoms with Crippen molar-refractivity contribution >= 4 is 11.5 Å². The molecule has 2 rings (SSSR count). The van der Waals surface area contributed by atoms with Crippen molar-refractivity contribution in [2.45, 2.75) is 0 Å². The maximum atomic E-state index is 10.7. The Hall–Kier alpha value is -2.04. The van der Waals surface area contributed by atoms with E-state index in [0.29, 0.717) is 11.3 Å². The molecule has 0 atom stereocenters. The van der Waals surface area contributed by atoms with Gasteiger partial charge in [0.05, 0.1) is 18.8 Å². The molecule has 14 heavy (non-hydrogen) atoms. The third kappa shape index (κ3) is 1.19. The molecule has 0 fully saturated rings. The predicted molar refractivity (Wildman–Crippen MR) is 48.7 cm³/mol. The van der Waals surface area contributed by atoms with E-state index >= 15 is 0 Å². The van der Waals surface area contributed by atoms with E-state index in [1.165, 1.54) is 6.33 Å². The molecule has 0 spiro atoms. The average molecular weight is 192 g/mol. The summed E-state index contributed by atoms with van der Waals surface area (Å²) in [4.78, 5) is 14.5. The van der Waals surface area contributed by atoms with Crippen LogP contribution in [0.1, 0.15) is 10.5 Å². The first-order valence-corrected chi connectivity index (χ1v) is 3.96. The van der Waals surface area contributed by atoms with Gasteiger partial charge in [0.2, 0.25) is 0 Å². The molecular weight excluding hydrogens is 184 g/mol. The third-order valence-electron chi connectivity index (χ3n) is 1.94. The van der Waals surface area contributed by atoms with Crippen LogP contribution in [-0.4, -0.2) is 27.6 Å². The van der Waals surface area contributed by atoms with Crippen LogP contribution in [0, 0.1) is 0 Å². The molecule has 1 N–H and O–H groups in total. The van der Waals surface area contributed by atoms with Crippen molar-refractivity contribution in [1.29, 1.82) is 0 Å². The number of hydrogen-bond acceptors (Lipinski definition) is 3. The van der Waals surface area contributed by atoms with Gasteiger partial charge in [-0.2, -0.15) is 0 Å². The molecule has 2 aromatic heterocycles. The quantitative estimate of drug-likeness (QED) is 0.772. The Kier molecular flexibility index (Phi) is 1.85. The summed E-state index contributed by atoms with van der Waals surface area (Å²) in [6.45, 7) is 0. The summed E-state index contributed by atoms with van der Waals surface area (Å²) in [5.41, 5.74) is 0.603. The van der Waals surface area contributed by atoms with Gasteiger partial charge in [0.25, 0.3) is 0 Å². The van der Waals surface area contributed by atoms with E-state index in [0.717, 1.165) is 0 Å². The number of imidazole rings is 1. The van der Waals surface area contributed by atoms with Crippen molar-refractivity contribution in [2.75, 3.05) is 7.11 Å². The second-order valence-electron chi connectivity index (χ2n) is 2.76. The Bertz CT molecular complexity index is 490. The highest BCUT2D eigenvalue weighted by molar-refractivity contribution is 5.93. The maximum absolute atomic E-state index is 10.7. The van der Waals surface area contributed by atoms with E-state index in [-0.39, 0.29) is 5.69 Å². The van der Waals surface area contributed by atoms with Gasteiger partial charge in [0, 0.05) is 0 Å². The van der Waals surface area contributed by atoms with Crippen molar-refractivity contribution < 1.29 is 14.6 Å². The first-order chi connectivity index (χ1) is 6.72. The summed E-state index contributed by atoms with van der Waals surface area (Å²) in [5, 5.41) is 8.79. The van der Waals surface area contributed by atoms with Gasteiger partial charge in [-0.05, 0) is 12.1 Å². The zero-order chi connectivity index (χ0) is 10.1. The summed E-state index contributed by atoms with van der Waals surface area (Å²) in [6.07, 6.45) is 3.12. The Morgan fingerprint density at radius 1 is 1.57 bits per heavy atom.